The Morgan fingerprint density at radius 1 is 0.676 bits per heavy atom. The van der Waals surface area contributed by atoms with E-state index in [1.54, 1.807) is 23.1 Å². The highest BCUT2D eigenvalue weighted by Gasteiger charge is 2.06. The van der Waals surface area contributed by atoms with E-state index >= 15 is 0 Å². The number of aliphatic hydroxyl groups is 1. The van der Waals surface area contributed by atoms with Gasteiger partial charge in [0.05, 0.1) is 82.9 Å². The van der Waals surface area contributed by atoms with Gasteiger partial charge >= 0.3 is 0 Å². The molecule has 2 aromatic carbocycles. The Hall–Kier alpha value is -1.56. The predicted molar refractivity (Wildman–Crippen MR) is 137 cm³/mol. The zero-order valence-corrected chi connectivity index (χ0v) is 21.0. The molecule has 0 saturated heterocycles. The van der Waals surface area contributed by atoms with Gasteiger partial charge in [0.1, 0.15) is 5.01 Å². The molecule has 1 heterocycles. The lowest BCUT2D eigenvalue weighted by molar-refractivity contribution is -0.0124. The fraction of sp³-hybridized carbons (Fsp3) is 0.480. The Labute approximate surface area is 209 Å². The van der Waals surface area contributed by atoms with E-state index in [4.69, 9.17) is 33.8 Å². The number of aliphatic hydroxyl groups excluding tert-OH is 1. The van der Waals surface area contributed by atoms with E-state index in [-0.39, 0.29) is 6.61 Å². The molecule has 0 aliphatic heterocycles. The quantitative estimate of drug-likeness (QED) is 0.192. The fourth-order valence-corrected chi connectivity index (χ4v) is 4.69. The van der Waals surface area contributed by atoms with Crippen molar-refractivity contribution in [1.29, 1.82) is 0 Å². The van der Waals surface area contributed by atoms with E-state index in [1.165, 1.54) is 9.60 Å². The van der Waals surface area contributed by atoms with Gasteiger partial charge in [-0.05, 0) is 24.3 Å². The normalized spacial score (nSPS) is 11.4. The first-order valence-corrected chi connectivity index (χ1v) is 13.3. The Morgan fingerprint density at radius 2 is 1.24 bits per heavy atom. The van der Waals surface area contributed by atoms with Gasteiger partial charge in [-0.3, -0.25) is 0 Å². The van der Waals surface area contributed by atoms with Gasteiger partial charge in [-0.2, -0.15) is 0 Å². The van der Waals surface area contributed by atoms with Crippen LogP contribution in [0.25, 0.3) is 20.8 Å². The van der Waals surface area contributed by atoms with Crippen molar-refractivity contribution in [2.75, 3.05) is 78.4 Å². The summed E-state index contributed by atoms with van der Waals surface area (Å²) in [5, 5.41) is 9.63. The summed E-state index contributed by atoms with van der Waals surface area (Å²) >= 11 is 3.51. The first kappa shape index (κ1) is 27.0. The number of aromatic nitrogens is 1. The molecule has 0 bridgehead atoms. The number of ether oxygens (including phenoxy) is 5. The standard InChI is InChI=1S/C25H33NO6S2/c27-9-10-28-11-12-29-13-14-30-15-16-31-17-18-32-19-20-33-22-7-5-21(6-8-22)25-26-23-3-1-2-4-24(23)34-25/h1-8,27H,9-20H2. The van der Waals surface area contributed by atoms with Gasteiger partial charge in [-0.15, -0.1) is 23.1 Å². The van der Waals surface area contributed by atoms with Gasteiger partial charge < -0.3 is 28.8 Å². The summed E-state index contributed by atoms with van der Waals surface area (Å²) in [6, 6.07) is 16.8. The van der Waals surface area contributed by atoms with Crippen LogP contribution in [0.2, 0.25) is 0 Å². The van der Waals surface area contributed by atoms with Gasteiger partial charge in [-0.25, -0.2) is 4.98 Å². The number of hydrogen-bond acceptors (Lipinski definition) is 9. The minimum absolute atomic E-state index is 0.0363. The van der Waals surface area contributed by atoms with Crippen molar-refractivity contribution >= 4 is 33.3 Å². The van der Waals surface area contributed by atoms with Crippen molar-refractivity contribution in [2.24, 2.45) is 0 Å². The molecule has 0 aliphatic carbocycles. The molecule has 186 valence electrons. The molecule has 7 nitrogen and oxygen atoms in total. The largest absolute Gasteiger partial charge is 0.394 e. The lowest BCUT2D eigenvalue weighted by Gasteiger charge is -2.08. The van der Waals surface area contributed by atoms with Crippen molar-refractivity contribution < 1.29 is 28.8 Å². The Kier molecular flexibility index (Phi) is 13.5. The van der Waals surface area contributed by atoms with Crippen molar-refractivity contribution in [2.45, 2.75) is 4.90 Å². The van der Waals surface area contributed by atoms with E-state index in [2.05, 4.69) is 36.4 Å². The summed E-state index contributed by atoms with van der Waals surface area (Å²) in [6.07, 6.45) is 0. The molecule has 0 amide bonds. The van der Waals surface area contributed by atoms with E-state index < -0.39 is 0 Å². The summed E-state index contributed by atoms with van der Waals surface area (Å²) in [5.74, 6) is 0.897. The molecule has 0 saturated carbocycles. The number of fused-ring (bicyclic) bond motifs is 1. The van der Waals surface area contributed by atoms with Gasteiger partial charge in [-0.1, -0.05) is 24.3 Å². The molecule has 0 aliphatic rings. The van der Waals surface area contributed by atoms with Crippen LogP contribution in [-0.2, 0) is 23.7 Å². The van der Waals surface area contributed by atoms with Crippen LogP contribution in [0.4, 0.5) is 0 Å². The van der Waals surface area contributed by atoms with E-state index in [0.717, 1.165) is 21.8 Å². The summed E-state index contributed by atoms with van der Waals surface area (Å²) < 4.78 is 28.2. The van der Waals surface area contributed by atoms with Crippen molar-refractivity contribution in [3.05, 3.63) is 48.5 Å². The molecule has 0 unspecified atom stereocenters. The second-order valence-corrected chi connectivity index (χ2v) is 9.34. The van der Waals surface area contributed by atoms with Crippen molar-refractivity contribution in [3.8, 4) is 10.6 Å². The van der Waals surface area contributed by atoms with Gasteiger partial charge in [0.25, 0.3) is 0 Å². The Morgan fingerprint density at radius 3 is 1.82 bits per heavy atom. The number of thioether (sulfide) groups is 1. The molecule has 1 N–H and O–H groups in total. The van der Waals surface area contributed by atoms with Crippen LogP contribution in [-0.4, -0.2) is 88.5 Å². The van der Waals surface area contributed by atoms with Gasteiger partial charge in [0, 0.05) is 16.2 Å². The summed E-state index contributed by atoms with van der Waals surface area (Å²) in [5.41, 5.74) is 2.21. The fourth-order valence-electron chi connectivity index (χ4n) is 2.95. The molecule has 0 radical (unpaired) electrons. The number of hydrogen-bond donors (Lipinski definition) is 1. The molecule has 3 aromatic rings. The molecular formula is C25H33NO6S2. The highest BCUT2D eigenvalue weighted by Crippen LogP contribution is 2.31. The number of rotatable bonds is 19. The lowest BCUT2D eigenvalue weighted by atomic mass is 10.2. The molecular weight excluding hydrogens is 474 g/mol. The second-order valence-electron chi connectivity index (χ2n) is 7.15. The highest BCUT2D eigenvalue weighted by molar-refractivity contribution is 7.99. The lowest BCUT2D eigenvalue weighted by Crippen LogP contribution is -2.13. The third kappa shape index (κ3) is 10.4. The van der Waals surface area contributed by atoms with Crippen LogP contribution in [0.15, 0.2) is 53.4 Å². The van der Waals surface area contributed by atoms with Crippen LogP contribution in [0.3, 0.4) is 0 Å². The van der Waals surface area contributed by atoms with E-state index in [9.17, 15) is 0 Å². The number of nitrogens with zero attached hydrogens (tertiary/aromatic N) is 1. The molecule has 0 fully saturated rings. The average Bonchev–Trinajstić information content (AvgIpc) is 3.31. The zero-order chi connectivity index (χ0) is 23.7. The number of thiazole rings is 1. The smallest absolute Gasteiger partial charge is 0.124 e. The monoisotopic (exact) mass is 507 g/mol. The Bertz CT molecular complexity index is 888. The van der Waals surface area contributed by atoms with E-state index in [1.807, 2.05) is 12.1 Å². The van der Waals surface area contributed by atoms with E-state index in [0.29, 0.717) is 66.1 Å². The van der Waals surface area contributed by atoms with Crippen LogP contribution >= 0.6 is 23.1 Å². The SMILES string of the molecule is OCCOCCOCCOCCOCCOCCSc1ccc(-c2nc3ccccc3s2)cc1. The van der Waals surface area contributed by atoms with Crippen LogP contribution in [0, 0.1) is 0 Å². The molecule has 34 heavy (non-hydrogen) atoms. The molecule has 1 aromatic heterocycles. The first-order chi connectivity index (χ1) is 16.9. The topological polar surface area (TPSA) is 79.3 Å². The van der Waals surface area contributed by atoms with Gasteiger partial charge in [0.15, 0.2) is 0 Å². The van der Waals surface area contributed by atoms with Crippen molar-refractivity contribution in [3.63, 3.8) is 0 Å². The maximum atomic E-state index is 8.57. The highest BCUT2D eigenvalue weighted by atomic mass is 32.2. The maximum Gasteiger partial charge on any atom is 0.124 e. The van der Waals surface area contributed by atoms with Gasteiger partial charge in [0.2, 0.25) is 0 Å². The predicted octanol–water partition coefficient (Wildman–Crippen LogP) is 4.13. The Balaban J connectivity index is 1.14. The summed E-state index contributed by atoms with van der Waals surface area (Å²) in [4.78, 5) is 5.94. The molecule has 0 spiro atoms. The minimum atomic E-state index is 0.0363. The van der Waals surface area contributed by atoms with Crippen LogP contribution in [0.1, 0.15) is 0 Å². The summed E-state index contributed by atoms with van der Waals surface area (Å²) in [7, 11) is 0. The average molecular weight is 508 g/mol. The van der Waals surface area contributed by atoms with Crippen LogP contribution < -0.4 is 0 Å². The molecule has 9 heteroatoms. The third-order valence-corrected chi connectivity index (χ3v) is 6.68. The summed E-state index contributed by atoms with van der Waals surface area (Å²) in [6.45, 7) is 5.32. The number of para-hydroxylation sites is 1. The van der Waals surface area contributed by atoms with Crippen LogP contribution in [0.5, 0.6) is 0 Å². The zero-order valence-electron chi connectivity index (χ0n) is 19.4. The van der Waals surface area contributed by atoms with Crippen molar-refractivity contribution in [1.82, 2.24) is 4.98 Å². The second kappa shape index (κ2) is 17.0. The third-order valence-electron chi connectivity index (χ3n) is 4.62. The minimum Gasteiger partial charge on any atom is -0.394 e. The molecule has 3 rings (SSSR count). The number of benzene rings is 2. The first-order valence-electron chi connectivity index (χ1n) is 11.4. The maximum absolute atomic E-state index is 8.57. The molecule has 0 atom stereocenters.